The Kier molecular flexibility index (Phi) is 9.85. The van der Waals surface area contributed by atoms with E-state index in [1.54, 1.807) is 12.1 Å². The fraction of sp³-hybridized carbons (Fsp3) is 0.538. The van der Waals surface area contributed by atoms with Gasteiger partial charge in [-0.05, 0) is 37.8 Å². The zero-order valence-corrected chi connectivity index (χ0v) is 18.9. The zero-order chi connectivity index (χ0) is 21.9. The summed E-state index contributed by atoms with van der Waals surface area (Å²) in [5.74, 6) is 0.472. The van der Waals surface area contributed by atoms with Gasteiger partial charge in [0, 0.05) is 10.8 Å². The first kappa shape index (κ1) is 23.9. The molecule has 0 saturated carbocycles. The molecule has 4 nitrogen and oxygen atoms in total. The number of unbranched alkanes of at least 4 members (excludes halogenated alkanes) is 2. The van der Waals surface area contributed by atoms with Gasteiger partial charge in [-0.2, -0.15) is 0 Å². The van der Waals surface area contributed by atoms with Crippen LogP contribution in [0.3, 0.4) is 0 Å². The largest absolute Gasteiger partial charge is 0.426 e. The summed E-state index contributed by atoms with van der Waals surface area (Å²) in [6.07, 6.45) is 7.36. The van der Waals surface area contributed by atoms with Gasteiger partial charge in [-0.3, -0.25) is 9.59 Å². The van der Waals surface area contributed by atoms with Crippen LogP contribution in [0.25, 0.3) is 10.8 Å². The highest BCUT2D eigenvalue weighted by atomic mass is 16.5. The van der Waals surface area contributed by atoms with Crippen LogP contribution in [-0.2, 0) is 9.59 Å². The standard InChI is InChI=1S/C26H36O4/c1-5-9-13-19(7-3)25(27)29-23-17-18-24(22-16-12-11-15-21(22)23)30-26(28)20(8-4)14-10-6-2/h11-12,15-20H,5-10,13-14H2,1-4H3. The topological polar surface area (TPSA) is 52.6 Å². The lowest BCUT2D eigenvalue weighted by molar-refractivity contribution is -0.140. The minimum absolute atomic E-state index is 0.0925. The van der Waals surface area contributed by atoms with Crippen LogP contribution in [0.5, 0.6) is 11.5 Å². The van der Waals surface area contributed by atoms with E-state index in [0.29, 0.717) is 11.5 Å². The van der Waals surface area contributed by atoms with E-state index in [0.717, 1.165) is 62.1 Å². The van der Waals surface area contributed by atoms with E-state index in [1.807, 2.05) is 38.1 Å². The normalized spacial score (nSPS) is 13.1. The van der Waals surface area contributed by atoms with Crippen molar-refractivity contribution in [1.29, 1.82) is 0 Å². The highest BCUT2D eigenvalue weighted by Gasteiger charge is 2.22. The van der Waals surface area contributed by atoms with Crippen LogP contribution in [0.15, 0.2) is 36.4 Å². The second-order valence-electron chi connectivity index (χ2n) is 7.94. The molecule has 2 rings (SSSR count). The number of carbonyl (C=O) groups is 2. The molecule has 0 amide bonds. The predicted octanol–water partition coefficient (Wildman–Crippen LogP) is 7.08. The van der Waals surface area contributed by atoms with Gasteiger partial charge >= 0.3 is 11.9 Å². The van der Waals surface area contributed by atoms with Gasteiger partial charge in [-0.25, -0.2) is 0 Å². The average molecular weight is 413 g/mol. The summed E-state index contributed by atoms with van der Waals surface area (Å²) in [5, 5.41) is 1.56. The van der Waals surface area contributed by atoms with Gasteiger partial charge in [-0.1, -0.05) is 77.6 Å². The summed E-state index contributed by atoms with van der Waals surface area (Å²) >= 11 is 0. The molecular formula is C26H36O4. The highest BCUT2D eigenvalue weighted by Crippen LogP contribution is 2.34. The fourth-order valence-electron chi connectivity index (χ4n) is 3.68. The highest BCUT2D eigenvalue weighted by molar-refractivity contribution is 5.96. The maximum Gasteiger partial charge on any atom is 0.314 e. The van der Waals surface area contributed by atoms with Crippen molar-refractivity contribution in [3.63, 3.8) is 0 Å². The summed E-state index contributed by atoms with van der Waals surface area (Å²) in [4.78, 5) is 25.4. The molecule has 0 radical (unpaired) electrons. The van der Waals surface area contributed by atoms with E-state index >= 15 is 0 Å². The Bertz CT molecular complexity index is 758. The molecule has 0 aromatic heterocycles. The summed E-state index contributed by atoms with van der Waals surface area (Å²) in [6, 6.07) is 11.1. The Hall–Kier alpha value is -2.36. The van der Waals surface area contributed by atoms with Crippen LogP contribution < -0.4 is 9.47 Å². The van der Waals surface area contributed by atoms with Gasteiger partial charge in [0.2, 0.25) is 0 Å². The van der Waals surface area contributed by atoms with Gasteiger partial charge in [0.25, 0.3) is 0 Å². The number of hydrogen-bond donors (Lipinski definition) is 0. The molecule has 0 aliphatic rings. The molecule has 4 heteroatoms. The molecule has 0 saturated heterocycles. The first-order chi connectivity index (χ1) is 14.5. The monoisotopic (exact) mass is 412 g/mol. The third-order valence-electron chi connectivity index (χ3n) is 5.73. The number of ether oxygens (including phenoxy) is 2. The van der Waals surface area contributed by atoms with Gasteiger partial charge < -0.3 is 9.47 Å². The lowest BCUT2D eigenvalue weighted by atomic mass is 9.99. The second kappa shape index (κ2) is 12.4. The van der Waals surface area contributed by atoms with Crippen molar-refractivity contribution in [2.24, 2.45) is 11.8 Å². The van der Waals surface area contributed by atoms with E-state index < -0.39 is 0 Å². The summed E-state index contributed by atoms with van der Waals surface area (Å²) in [5.41, 5.74) is 0. The first-order valence-corrected chi connectivity index (χ1v) is 11.5. The molecule has 0 fully saturated rings. The van der Waals surface area contributed by atoms with Crippen LogP contribution in [0.4, 0.5) is 0 Å². The number of esters is 2. The number of hydrogen-bond acceptors (Lipinski definition) is 4. The second-order valence-corrected chi connectivity index (χ2v) is 7.94. The Labute approximate surface area is 181 Å². The van der Waals surface area contributed by atoms with Crippen molar-refractivity contribution in [3.05, 3.63) is 36.4 Å². The molecule has 30 heavy (non-hydrogen) atoms. The molecule has 2 aromatic rings. The van der Waals surface area contributed by atoms with E-state index in [1.165, 1.54) is 0 Å². The Morgan fingerprint density at radius 2 is 1.10 bits per heavy atom. The maximum absolute atomic E-state index is 12.7. The lowest BCUT2D eigenvalue weighted by Crippen LogP contribution is -2.21. The summed E-state index contributed by atoms with van der Waals surface area (Å²) in [6.45, 7) is 8.28. The molecule has 0 spiro atoms. The molecule has 0 aliphatic heterocycles. The Balaban J connectivity index is 2.24. The Morgan fingerprint density at radius 3 is 1.43 bits per heavy atom. The van der Waals surface area contributed by atoms with Crippen LogP contribution in [-0.4, -0.2) is 11.9 Å². The minimum Gasteiger partial charge on any atom is -0.426 e. The molecule has 0 N–H and O–H groups in total. The van der Waals surface area contributed by atoms with Crippen molar-refractivity contribution < 1.29 is 19.1 Å². The lowest BCUT2D eigenvalue weighted by Gasteiger charge is -2.17. The third-order valence-corrected chi connectivity index (χ3v) is 5.73. The summed E-state index contributed by atoms with van der Waals surface area (Å²) < 4.78 is 11.6. The molecule has 2 unspecified atom stereocenters. The zero-order valence-electron chi connectivity index (χ0n) is 18.9. The van der Waals surface area contributed by atoms with Gasteiger partial charge in [0.1, 0.15) is 11.5 Å². The maximum atomic E-state index is 12.7. The first-order valence-electron chi connectivity index (χ1n) is 11.5. The fourth-order valence-corrected chi connectivity index (χ4v) is 3.68. The molecule has 2 atom stereocenters. The van der Waals surface area contributed by atoms with Crippen molar-refractivity contribution in [1.82, 2.24) is 0 Å². The molecule has 164 valence electrons. The smallest absolute Gasteiger partial charge is 0.314 e. The minimum atomic E-state index is -0.188. The van der Waals surface area contributed by atoms with Crippen molar-refractivity contribution in [2.75, 3.05) is 0 Å². The molecule has 2 aromatic carbocycles. The molecule has 0 aliphatic carbocycles. The quantitative estimate of drug-likeness (QED) is 0.276. The molecule has 0 bridgehead atoms. The number of carbonyl (C=O) groups excluding carboxylic acids is 2. The van der Waals surface area contributed by atoms with Crippen LogP contribution in [0.1, 0.15) is 79.1 Å². The SMILES string of the molecule is CCCCC(CC)C(=O)Oc1ccc(OC(=O)C(CC)CCCC)c2ccccc12. The van der Waals surface area contributed by atoms with Crippen LogP contribution >= 0.6 is 0 Å². The van der Waals surface area contributed by atoms with Crippen molar-refractivity contribution in [2.45, 2.75) is 79.1 Å². The van der Waals surface area contributed by atoms with Crippen LogP contribution in [0, 0.1) is 11.8 Å². The number of benzene rings is 2. The van der Waals surface area contributed by atoms with Crippen molar-refractivity contribution >= 4 is 22.7 Å². The van der Waals surface area contributed by atoms with E-state index in [2.05, 4.69) is 13.8 Å². The predicted molar refractivity (Wildman–Crippen MR) is 122 cm³/mol. The average Bonchev–Trinajstić information content (AvgIpc) is 2.76. The van der Waals surface area contributed by atoms with Gasteiger partial charge in [-0.15, -0.1) is 0 Å². The van der Waals surface area contributed by atoms with Crippen LogP contribution in [0.2, 0.25) is 0 Å². The van der Waals surface area contributed by atoms with E-state index in [-0.39, 0.29) is 23.8 Å². The third kappa shape index (κ3) is 6.32. The molecule has 0 heterocycles. The van der Waals surface area contributed by atoms with Gasteiger partial charge in [0.15, 0.2) is 0 Å². The Morgan fingerprint density at radius 1 is 0.700 bits per heavy atom. The van der Waals surface area contributed by atoms with Gasteiger partial charge in [0.05, 0.1) is 11.8 Å². The summed E-state index contributed by atoms with van der Waals surface area (Å²) in [7, 11) is 0. The number of rotatable bonds is 12. The van der Waals surface area contributed by atoms with E-state index in [4.69, 9.17) is 9.47 Å². The molecular weight excluding hydrogens is 376 g/mol. The van der Waals surface area contributed by atoms with Crippen molar-refractivity contribution in [3.8, 4) is 11.5 Å². The number of fused-ring (bicyclic) bond motifs is 1. The van der Waals surface area contributed by atoms with E-state index in [9.17, 15) is 9.59 Å².